The molecule has 0 radical (unpaired) electrons. The molecule has 6 heteroatoms. The van der Waals surface area contributed by atoms with Crippen LogP contribution in [0.3, 0.4) is 0 Å². The highest BCUT2D eigenvalue weighted by molar-refractivity contribution is 6.32. The number of hydrogen-bond acceptors (Lipinski definition) is 4. The minimum Gasteiger partial charge on any atom is -0.409 e. The Labute approximate surface area is 159 Å². The maximum absolute atomic E-state index is 12.0. The van der Waals surface area contributed by atoms with E-state index >= 15 is 0 Å². The van der Waals surface area contributed by atoms with Crippen molar-refractivity contribution in [2.45, 2.75) is 45.6 Å². The van der Waals surface area contributed by atoms with Crippen LogP contribution in [-0.4, -0.2) is 23.4 Å². The summed E-state index contributed by atoms with van der Waals surface area (Å²) in [5.74, 6) is 1.25. The van der Waals surface area contributed by atoms with Crippen molar-refractivity contribution in [1.82, 2.24) is 10.2 Å². The first-order valence-corrected chi connectivity index (χ1v) is 9.53. The van der Waals surface area contributed by atoms with Crippen LogP contribution in [-0.2, 0) is 6.54 Å². The van der Waals surface area contributed by atoms with Gasteiger partial charge in [-0.1, -0.05) is 50.3 Å². The molecule has 0 saturated heterocycles. The predicted molar refractivity (Wildman–Crippen MR) is 105 cm³/mol. The Bertz CT molecular complexity index is 756. The number of aliphatic imine (C=N–C) groups is 1. The summed E-state index contributed by atoms with van der Waals surface area (Å²) in [5, 5.41) is 3.17. The number of hydrogen-bond donors (Lipinski definition) is 1. The third-order valence-electron chi connectivity index (χ3n) is 4.38. The molecule has 3 rings (SSSR count). The molecule has 1 amide bonds. The van der Waals surface area contributed by atoms with Crippen molar-refractivity contribution in [2.24, 2.45) is 4.99 Å². The quantitative estimate of drug-likeness (QED) is 0.657. The second-order valence-corrected chi connectivity index (χ2v) is 6.85. The second-order valence-electron chi connectivity index (χ2n) is 6.44. The number of nitrogens with zero attached hydrogens (tertiary/aromatic N) is 2. The molecule has 0 saturated carbocycles. The molecule has 1 aromatic carbocycles. The molecule has 2 aliphatic rings. The lowest BCUT2D eigenvalue weighted by atomic mass is 10.1. The lowest BCUT2D eigenvalue weighted by molar-refractivity contribution is 0.200. The molecule has 2 aliphatic heterocycles. The van der Waals surface area contributed by atoms with Gasteiger partial charge in [-0.3, -0.25) is 0 Å². The van der Waals surface area contributed by atoms with Gasteiger partial charge < -0.3 is 15.0 Å². The topological polar surface area (TPSA) is 53.9 Å². The van der Waals surface area contributed by atoms with E-state index in [0.29, 0.717) is 23.9 Å². The van der Waals surface area contributed by atoms with Crippen molar-refractivity contribution < 1.29 is 9.53 Å². The van der Waals surface area contributed by atoms with E-state index < -0.39 is 6.09 Å². The van der Waals surface area contributed by atoms with Gasteiger partial charge in [0.05, 0.1) is 17.3 Å². The van der Waals surface area contributed by atoms with Gasteiger partial charge in [0, 0.05) is 18.3 Å². The van der Waals surface area contributed by atoms with Gasteiger partial charge in [-0.15, -0.1) is 0 Å². The maximum atomic E-state index is 12.0. The Morgan fingerprint density at radius 1 is 1.27 bits per heavy atom. The van der Waals surface area contributed by atoms with Crippen LogP contribution in [0.4, 0.5) is 10.5 Å². The largest absolute Gasteiger partial charge is 0.412 e. The highest BCUT2D eigenvalue weighted by atomic mass is 35.5. The zero-order valence-electron chi connectivity index (χ0n) is 15.0. The highest BCUT2D eigenvalue weighted by Gasteiger charge is 2.20. The van der Waals surface area contributed by atoms with Crippen molar-refractivity contribution in [2.75, 3.05) is 6.54 Å². The molecule has 5 nitrogen and oxygen atoms in total. The van der Waals surface area contributed by atoms with Gasteiger partial charge in [0.1, 0.15) is 5.84 Å². The van der Waals surface area contributed by atoms with Crippen LogP contribution in [0.2, 0.25) is 5.02 Å². The van der Waals surface area contributed by atoms with E-state index in [2.05, 4.69) is 17.2 Å². The molecular weight excluding hydrogens is 350 g/mol. The molecule has 1 N–H and O–H groups in total. The lowest BCUT2D eigenvalue weighted by Crippen LogP contribution is -2.29. The minimum atomic E-state index is -0.469. The molecule has 138 valence electrons. The number of allylic oxidation sites excluding steroid dienone is 2. The fourth-order valence-electron chi connectivity index (χ4n) is 2.96. The smallest absolute Gasteiger partial charge is 0.409 e. The van der Waals surface area contributed by atoms with Crippen LogP contribution >= 0.6 is 11.6 Å². The van der Waals surface area contributed by atoms with E-state index in [4.69, 9.17) is 16.3 Å². The van der Waals surface area contributed by atoms with Crippen molar-refractivity contribution in [3.63, 3.8) is 0 Å². The van der Waals surface area contributed by atoms with E-state index in [0.717, 1.165) is 29.9 Å². The molecule has 0 fully saturated rings. The number of fused-ring (bicyclic) bond motifs is 2. The SMILES string of the molecule is CCCCCCCNC(=O)Oc1cc2c(cc1Cl)N=C1C=CC=CN1C2. The molecule has 26 heavy (non-hydrogen) atoms. The Kier molecular flexibility index (Phi) is 6.34. The number of ether oxygens (including phenoxy) is 1. The summed E-state index contributed by atoms with van der Waals surface area (Å²) >= 11 is 6.28. The third-order valence-corrected chi connectivity index (χ3v) is 4.67. The molecule has 0 spiro atoms. The first kappa shape index (κ1) is 18.5. The number of amidine groups is 1. The molecule has 2 heterocycles. The van der Waals surface area contributed by atoms with Gasteiger partial charge in [-0.2, -0.15) is 0 Å². The summed E-state index contributed by atoms with van der Waals surface area (Å²) in [7, 11) is 0. The van der Waals surface area contributed by atoms with E-state index in [1.165, 1.54) is 19.3 Å². The number of carbonyl (C=O) groups excluding carboxylic acids is 1. The second kappa shape index (κ2) is 8.90. The van der Waals surface area contributed by atoms with Crippen molar-refractivity contribution in [3.8, 4) is 5.75 Å². The Morgan fingerprint density at radius 3 is 2.96 bits per heavy atom. The van der Waals surface area contributed by atoms with Crippen LogP contribution < -0.4 is 10.1 Å². The first-order chi connectivity index (χ1) is 12.7. The Morgan fingerprint density at radius 2 is 2.12 bits per heavy atom. The molecule has 0 aromatic heterocycles. The monoisotopic (exact) mass is 373 g/mol. The van der Waals surface area contributed by atoms with Crippen molar-refractivity contribution in [1.29, 1.82) is 0 Å². The summed E-state index contributed by atoms with van der Waals surface area (Å²) in [6.07, 6.45) is 13.1. The van der Waals surface area contributed by atoms with Gasteiger partial charge in [-0.25, -0.2) is 9.79 Å². The number of rotatable bonds is 7. The maximum Gasteiger partial charge on any atom is 0.412 e. The lowest BCUT2D eigenvalue weighted by Gasteiger charge is -2.27. The van der Waals surface area contributed by atoms with Crippen LogP contribution in [0.1, 0.15) is 44.6 Å². The molecule has 0 unspecified atom stereocenters. The summed E-state index contributed by atoms with van der Waals surface area (Å²) in [6, 6.07) is 3.55. The zero-order chi connectivity index (χ0) is 18.4. The average Bonchev–Trinajstić information content (AvgIpc) is 2.63. The normalized spacial score (nSPS) is 14.5. The molecule has 0 atom stereocenters. The number of carbonyl (C=O) groups is 1. The number of amides is 1. The van der Waals surface area contributed by atoms with Gasteiger partial charge in [0.25, 0.3) is 0 Å². The Balaban J connectivity index is 1.58. The van der Waals surface area contributed by atoms with E-state index in [-0.39, 0.29) is 0 Å². The summed E-state index contributed by atoms with van der Waals surface area (Å²) in [4.78, 5) is 18.6. The van der Waals surface area contributed by atoms with E-state index in [9.17, 15) is 4.79 Å². The fraction of sp³-hybridized carbons (Fsp3) is 0.400. The molecule has 0 bridgehead atoms. The van der Waals surface area contributed by atoms with Gasteiger partial charge >= 0.3 is 6.09 Å². The van der Waals surface area contributed by atoms with E-state index in [1.54, 1.807) is 12.1 Å². The van der Waals surface area contributed by atoms with Crippen molar-refractivity contribution >= 4 is 29.2 Å². The zero-order valence-corrected chi connectivity index (χ0v) is 15.8. The van der Waals surface area contributed by atoms with Crippen LogP contribution in [0.25, 0.3) is 0 Å². The average molecular weight is 374 g/mol. The number of unbranched alkanes of at least 4 members (excludes halogenated alkanes) is 4. The molecular formula is C20H24ClN3O2. The number of benzene rings is 1. The molecule has 1 aromatic rings. The first-order valence-electron chi connectivity index (χ1n) is 9.15. The van der Waals surface area contributed by atoms with Gasteiger partial charge in [0.2, 0.25) is 0 Å². The van der Waals surface area contributed by atoms with Gasteiger partial charge in [-0.05, 0) is 30.7 Å². The van der Waals surface area contributed by atoms with Crippen LogP contribution in [0, 0.1) is 0 Å². The predicted octanol–water partition coefficient (Wildman–Crippen LogP) is 5.33. The van der Waals surface area contributed by atoms with Crippen molar-refractivity contribution in [3.05, 3.63) is 47.1 Å². The fourth-order valence-corrected chi connectivity index (χ4v) is 3.15. The standard InChI is InChI=1S/C20H24ClN3O2/c1-2-3-4-5-7-10-22-20(25)26-18-12-15-14-24-11-8-6-9-19(24)23-17(15)13-16(18)21/h6,8-9,11-13H,2-5,7,10,14H2,1H3,(H,22,25). The summed E-state index contributed by atoms with van der Waals surface area (Å²) in [6.45, 7) is 3.47. The number of halogens is 1. The van der Waals surface area contributed by atoms with Crippen LogP contribution in [0.15, 0.2) is 41.6 Å². The summed E-state index contributed by atoms with van der Waals surface area (Å²) < 4.78 is 5.39. The van der Waals surface area contributed by atoms with Crippen LogP contribution in [0.5, 0.6) is 5.75 Å². The van der Waals surface area contributed by atoms with E-state index in [1.807, 2.05) is 29.3 Å². The number of nitrogens with one attached hydrogen (secondary N) is 1. The highest BCUT2D eigenvalue weighted by Crippen LogP contribution is 2.36. The van der Waals surface area contributed by atoms with Gasteiger partial charge in [0.15, 0.2) is 5.75 Å². The summed E-state index contributed by atoms with van der Waals surface area (Å²) in [5.41, 5.74) is 1.78. The Hall–Kier alpha value is -2.27. The minimum absolute atomic E-state index is 0.365. The molecule has 0 aliphatic carbocycles. The third kappa shape index (κ3) is 4.67.